The number of piperidine rings is 1. The minimum Gasteiger partial charge on any atom is -0.392 e. The van der Waals surface area contributed by atoms with E-state index in [-0.39, 0.29) is 11.7 Å². The molecule has 0 bridgehead atoms. The summed E-state index contributed by atoms with van der Waals surface area (Å²) in [5.41, 5.74) is -0.383. The molecule has 2 rings (SSSR count). The van der Waals surface area contributed by atoms with Gasteiger partial charge in [-0.1, -0.05) is 19.8 Å². The van der Waals surface area contributed by atoms with E-state index in [2.05, 4.69) is 4.90 Å². The zero-order valence-corrected chi connectivity index (χ0v) is 10.4. The molecule has 2 aliphatic rings. The molecule has 0 aromatic heterocycles. The van der Waals surface area contributed by atoms with Crippen LogP contribution in [0.4, 0.5) is 0 Å². The Morgan fingerprint density at radius 1 is 1.38 bits per heavy atom. The van der Waals surface area contributed by atoms with Gasteiger partial charge in [-0.15, -0.1) is 0 Å². The van der Waals surface area contributed by atoms with E-state index in [4.69, 9.17) is 0 Å². The van der Waals surface area contributed by atoms with Gasteiger partial charge in [0.1, 0.15) is 0 Å². The normalized spacial score (nSPS) is 38.1. The first-order valence-corrected chi connectivity index (χ1v) is 6.77. The molecule has 3 unspecified atom stereocenters. The SMILES string of the molecule is CCC(O)CN1CCC2(O)CCCCC2C1. The summed E-state index contributed by atoms with van der Waals surface area (Å²) >= 11 is 0. The molecule has 16 heavy (non-hydrogen) atoms. The summed E-state index contributed by atoms with van der Waals surface area (Å²) in [7, 11) is 0. The molecule has 0 aromatic rings. The topological polar surface area (TPSA) is 43.7 Å². The number of β-amino-alcohol motifs (C(OH)–C–C–N with tert-alkyl or cyclic N) is 1. The lowest BCUT2D eigenvalue weighted by atomic mass is 9.71. The fourth-order valence-electron chi connectivity index (χ4n) is 3.23. The van der Waals surface area contributed by atoms with Crippen molar-refractivity contribution in [1.82, 2.24) is 4.90 Å². The lowest BCUT2D eigenvalue weighted by molar-refractivity contribution is -0.0998. The summed E-state index contributed by atoms with van der Waals surface area (Å²) in [6, 6.07) is 0. The second kappa shape index (κ2) is 5.03. The number of likely N-dealkylation sites (tertiary alicyclic amines) is 1. The predicted molar refractivity (Wildman–Crippen MR) is 64.3 cm³/mol. The first kappa shape index (κ1) is 12.3. The molecule has 3 atom stereocenters. The van der Waals surface area contributed by atoms with Crippen molar-refractivity contribution in [2.24, 2.45) is 5.92 Å². The third-order valence-electron chi connectivity index (χ3n) is 4.45. The highest BCUT2D eigenvalue weighted by Gasteiger charge is 2.42. The van der Waals surface area contributed by atoms with Gasteiger partial charge in [-0.25, -0.2) is 0 Å². The smallest absolute Gasteiger partial charge is 0.0700 e. The number of nitrogens with zero attached hydrogens (tertiary/aromatic N) is 1. The van der Waals surface area contributed by atoms with Crippen molar-refractivity contribution in [2.75, 3.05) is 19.6 Å². The van der Waals surface area contributed by atoms with Crippen LogP contribution in [-0.4, -0.2) is 46.5 Å². The number of fused-ring (bicyclic) bond motifs is 1. The Labute approximate surface area is 98.5 Å². The fourth-order valence-corrected chi connectivity index (χ4v) is 3.23. The Balaban J connectivity index is 1.89. The van der Waals surface area contributed by atoms with E-state index >= 15 is 0 Å². The molecule has 0 amide bonds. The summed E-state index contributed by atoms with van der Waals surface area (Å²) < 4.78 is 0. The van der Waals surface area contributed by atoms with Crippen LogP contribution in [0, 0.1) is 5.92 Å². The highest BCUT2D eigenvalue weighted by molar-refractivity contribution is 4.95. The van der Waals surface area contributed by atoms with Gasteiger partial charge in [-0.3, -0.25) is 0 Å². The van der Waals surface area contributed by atoms with Gasteiger partial charge in [0.25, 0.3) is 0 Å². The number of rotatable bonds is 3. The summed E-state index contributed by atoms with van der Waals surface area (Å²) in [4.78, 5) is 2.33. The lowest BCUT2D eigenvalue weighted by Gasteiger charge is -2.47. The van der Waals surface area contributed by atoms with E-state index in [1.54, 1.807) is 0 Å². The van der Waals surface area contributed by atoms with Crippen molar-refractivity contribution in [3.63, 3.8) is 0 Å². The first-order valence-electron chi connectivity index (χ1n) is 6.77. The highest BCUT2D eigenvalue weighted by Crippen LogP contribution is 2.39. The fraction of sp³-hybridized carbons (Fsp3) is 1.00. The van der Waals surface area contributed by atoms with Crippen molar-refractivity contribution in [1.29, 1.82) is 0 Å². The van der Waals surface area contributed by atoms with E-state index in [0.717, 1.165) is 45.3 Å². The molecule has 0 spiro atoms. The summed E-state index contributed by atoms with van der Waals surface area (Å²) in [5.74, 6) is 0.444. The van der Waals surface area contributed by atoms with Gasteiger partial charge in [-0.2, -0.15) is 0 Å². The third-order valence-corrected chi connectivity index (χ3v) is 4.45. The van der Waals surface area contributed by atoms with Crippen LogP contribution < -0.4 is 0 Å². The average Bonchev–Trinajstić information content (AvgIpc) is 2.29. The van der Waals surface area contributed by atoms with Crippen molar-refractivity contribution < 1.29 is 10.2 Å². The Hall–Kier alpha value is -0.120. The van der Waals surface area contributed by atoms with Crippen LogP contribution in [0.25, 0.3) is 0 Å². The predicted octanol–water partition coefficient (Wildman–Crippen LogP) is 1.38. The van der Waals surface area contributed by atoms with Gasteiger partial charge in [0.2, 0.25) is 0 Å². The lowest BCUT2D eigenvalue weighted by Crippen LogP contribution is -2.54. The Morgan fingerprint density at radius 2 is 2.19 bits per heavy atom. The summed E-state index contributed by atoms with van der Waals surface area (Å²) in [6.45, 7) is 4.73. The summed E-state index contributed by atoms with van der Waals surface area (Å²) in [6.07, 6.45) is 6.12. The third kappa shape index (κ3) is 2.58. The maximum absolute atomic E-state index is 10.5. The zero-order chi connectivity index (χ0) is 11.6. The maximum atomic E-state index is 10.5. The molecule has 3 heteroatoms. The monoisotopic (exact) mass is 227 g/mol. The molecule has 1 saturated heterocycles. The molecule has 94 valence electrons. The molecule has 3 nitrogen and oxygen atoms in total. The molecule has 1 aliphatic carbocycles. The molecule has 0 radical (unpaired) electrons. The zero-order valence-electron chi connectivity index (χ0n) is 10.4. The molecule has 1 heterocycles. The molecule has 1 saturated carbocycles. The first-order chi connectivity index (χ1) is 7.64. The van der Waals surface area contributed by atoms with Crippen LogP contribution in [0.1, 0.15) is 45.4 Å². The van der Waals surface area contributed by atoms with E-state index in [1.807, 2.05) is 6.92 Å². The minimum atomic E-state index is -0.383. The van der Waals surface area contributed by atoms with E-state index in [0.29, 0.717) is 5.92 Å². The molecular formula is C13H25NO2. The number of hydrogen-bond donors (Lipinski definition) is 2. The van der Waals surface area contributed by atoms with Gasteiger partial charge in [0, 0.05) is 25.6 Å². The number of aliphatic hydroxyl groups excluding tert-OH is 1. The summed E-state index contributed by atoms with van der Waals surface area (Å²) in [5, 5.41) is 20.2. The molecule has 1 aliphatic heterocycles. The number of aliphatic hydroxyl groups is 2. The second-order valence-corrected chi connectivity index (χ2v) is 5.62. The minimum absolute atomic E-state index is 0.199. The van der Waals surface area contributed by atoms with Crippen molar-refractivity contribution >= 4 is 0 Å². The van der Waals surface area contributed by atoms with E-state index < -0.39 is 0 Å². The van der Waals surface area contributed by atoms with Crippen LogP contribution in [0.5, 0.6) is 0 Å². The van der Waals surface area contributed by atoms with Gasteiger partial charge in [0.05, 0.1) is 11.7 Å². The van der Waals surface area contributed by atoms with Crippen molar-refractivity contribution in [2.45, 2.75) is 57.2 Å². The second-order valence-electron chi connectivity index (χ2n) is 5.62. The van der Waals surface area contributed by atoms with Crippen LogP contribution in [-0.2, 0) is 0 Å². The van der Waals surface area contributed by atoms with Crippen LogP contribution >= 0.6 is 0 Å². The maximum Gasteiger partial charge on any atom is 0.0700 e. The Bertz CT molecular complexity index is 234. The van der Waals surface area contributed by atoms with Crippen LogP contribution in [0.3, 0.4) is 0 Å². The molecule has 2 N–H and O–H groups in total. The van der Waals surface area contributed by atoms with Crippen molar-refractivity contribution in [3.05, 3.63) is 0 Å². The van der Waals surface area contributed by atoms with Crippen LogP contribution in [0.2, 0.25) is 0 Å². The van der Waals surface area contributed by atoms with E-state index in [1.165, 1.54) is 12.8 Å². The molecule has 0 aromatic carbocycles. The quantitative estimate of drug-likeness (QED) is 0.765. The van der Waals surface area contributed by atoms with Gasteiger partial charge in [-0.05, 0) is 25.7 Å². The van der Waals surface area contributed by atoms with Crippen LogP contribution in [0.15, 0.2) is 0 Å². The Morgan fingerprint density at radius 3 is 2.94 bits per heavy atom. The highest BCUT2D eigenvalue weighted by atomic mass is 16.3. The molecular weight excluding hydrogens is 202 g/mol. The Kier molecular flexibility index (Phi) is 3.88. The largest absolute Gasteiger partial charge is 0.392 e. The standard InChI is InChI=1S/C13H25NO2/c1-2-12(15)10-14-8-7-13(16)6-4-3-5-11(13)9-14/h11-12,15-16H,2-10H2,1H3. The van der Waals surface area contributed by atoms with Gasteiger partial charge in [0.15, 0.2) is 0 Å². The average molecular weight is 227 g/mol. The van der Waals surface area contributed by atoms with E-state index in [9.17, 15) is 10.2 Å². The van der Waals surface area contributed by atoms with Crippen molar-refractivity contribution in [3.8, 4) is 0 Å². The number of hydrogen-bond acceptors (Lipinski definition) is 3. The molecule has 2 fully saturated rings. The van der Waals surface area contributed by atoms with Gasteiger partial charge < -0.3 is 15.1 Å². The van der Waals surface area contributed by atoms with Gasteiger partial charge >= 0.3 is 0 Å².